The number of hydrogen-bond acceptors (Lipinski definition) is 9. The average molecular weight is 478 g/mol. The average Bonchev–Trinajstić information content (AvgIpc) is 3.28. The standard InChI is InChI=1S/C20H27N7O5S/c1-20(2,3)32-19(31)15-12(16(29)25-7-5-4-6-8-25)10-33-18-14(17(30)27(15)18)22-13(28)9-26-11-21-23-24-26/h10-11,14-15,18H,4-9H2,1-3H3,(H,22,28)/t14?,15?,18-/m0/s1. The molecule has 4 heterocycles. The van der Waals surface area contributed by atoms with Crippen molar-refractivity contribution in [3.8, 4) is 0 Å². The van der Waals surface area contributed by atoms with Gasteiger partial charge in [-0.25, -0.2) is 9.48 Å². The zero-order chi connectivity index (χ0) is 23.8. The van der Waals surface area contributed by atoms with E-state index in [2.05, 4.69) is 20.8 Å². The first kappa shape index (κ1) is 23.2. The highest BCUT2D eigenvalue weighted by molar-refractivity contribution is 8.03. The Labute approximate surface area is 195 Å². The molecule has 1 aromatic heterocycles. The molecular weight excluding hydrogens is 450 g/mol. The molecule has 3 aliphatic heterocycles. The molecule has 33 heavy (non-hydrogen) atoms. The molecule has 178 valence electrons. The van der Waals surface area contributed by atoms with E-state index in [0.29, 0.717) is 13.1 Å². The van der Waals surface area contributed by atoms with E-state index < -0.39 is 40.8 Å². The molecule has 3 aliphatic rings. The maximum atomic E-state index is 13.3. The Morgan fingerprint density at radius 2 is 1.94 bits per heavy atom. The number of piperidine rings is 1. The van der Waals surface area contributed by atoms with Crippen LogP contribution >= 0.6 is 11.8 Å². The quantitative estimate of drug-likeness (QED) is 0.446. The minimum Gasteiger partial charge on any atom is -0.458 e. The summed E-state index contributed by atoms with van der Waals surface area (Å²) in [5, 5.41) is 14.4. The lowest BCUT2D eigenvalue weighted by Crippen LogP contribution is -2.74. The number of carbonyl (C=O) groups is 4. The number of likely N-dealkylation sites (tertiary alicyclic amines) is 1. The van der Waals surface area contributed by atoms with Crippen molar-refractivity contribution in [1.29, 1.82) is 0 Å². The van der Waals surface area contributed by atoms with Crippen LogP contribution in [-0.2, 0) is 30.5 Å². The third kappa shape index (κ3) is 4.87. The molecule has 0 spiro atoms. The fourth-order valence-corrected chi connectivity index (χ4v) is 5.27. The van der Waals surface area contributed by atoms with Crippen molar-refractivity contribution in [3.05, 3.63) is 17.3 Å². The topological polar surface area (TPSA) is 140 Å². The van der Waals surface area contributed by atoms with Gasteiger partial charge in [0, 0.05) is 13.1 Å². The summed E-state index contributed by atoms with van der Waals surface area (Å²) in [6.07, 6.45) is 4.17. The summed E-state index contributed by atoms with van der Waals surface area (Å²) in [5.41, 5.74) is -0.552. The molecule has 0 radical (unpaired) electrons. The van der Waals surface area contributed by atoms with Crippen LogP contribution in [0.25, 0.3) is 0 Å². The van der Waals surface area contributed by atoms with E-state index in [1.54, 1.807) is 31.1 Å². The molecule has 2 fully saturated rings. The van der Waals surface area contributed by atoms with Crippen LogP contribution in [0, 0.1) is 0 Å². The number of β-lactam (4-membered cyclic amide) rings is 1. The van der Waals surface area contributed by atoms with E-state index in [0.717, 1.165) is 19.3 Å². The Bertz CT molecular complexity index is 968. The molecule has 0 aromatic carbocycles. The number of amides is 3. The second-order valence-corrected chi connectivity index (χ2v) is 10.2. The number of hydrogen-bond donors (Lipinski definition) is 1. The van der Waals surface area contributed by atoms with Crippen LogP contribution in [0.15, 0.2) is 17.3 Å². The minimum atomic E-state index is -1.15. The minimum absolute atomic E-state index is 0.141. The first-order chi connectivity index (χ1) is 15.7. The van der Waals surface area contributed by atoms with Gasteiger partial charge in [-0.15, -0.1) is 16.9 Å². The van der Waals surface area contributed by atoms with Crippen LogP contribution in [0.5, 0.6) is 0 Å². The van der Waals surface area contributed by atoms with Crippen molar-refractivity contribution >= 4 is 35.5 Å². The number of carbonyl (C=O) groups excluding carboxylic acids is 4. The maximum absolute atomic E-state index is 13.3. The van der Waals surface area contributed by atoms with Crippen LogP contribution in [0.4, 0.5) is 0 Å². The maximum Gasteiger partial charge on any atom is 0.334 e. The fraction of sp³-hybridized carbons (Fsp3) is 0.650. The van der Waals surface area contributed by atoms with Crippen molar-refractivity contribution in [3.63, 3.8) is 0 Å². The van der Waals surface area contributed by atoms with Crippen LogP contribution in [0.1, 0.15) is 40.0 Å². The zero-order valence-corrected chi connectivity index (χ0v) is 19.6. The Kier molecular flexibility index (Phi) is 6.41. The van der Waals surface area contributed by atoms with E-state index in [1.165, 1.54) is 27.7 Å². The Balaban J connectivity index is 1.53. The van der Waals surface area contributed by atoms with E-state index in [-0.39, 0.29) is 18.0 Å². The largest absolute Gasteiger partial charge is 0.458 e. The van der Waals surface area contributed by atoms with Crippen LogP contribution < -0.4 is 5.32 Å². The molecule has 12 nitrogen and oxygen atoms in total. The van der Waals surface area contributed by atoms with Crippen molar-refractivity contribution in [1.82, 2.24) is 35.3 Å². The molecule has 4 rings (SSSR count). The summed E-state index contributed by atoms with van der Waals surface area (Å²) in [4.78, 5) is 54.9. The lowest BCUT2D eigenvalue weighted by Gasteiger charge is -2.52. The predicted octanol–water partition coefficient (Wildman–Crippen LogP) is -0.320. The lowest BCUT2D eigenvalue weighted by atomic mass is 9.96. The Morgan fingerprint density at radius 3 is 2.58 bits per heavy atom. The monoisotopic (exact) mass is 477 g/mol. The van der Waals surface area contributed by atoms with Gasteiger partial charge in [0.1, 0.15) is 29.9 Å². The molecule has 1 N–H and O–H groups in total. The fourth-order valence-electron chi connectivity index (χ4n) is 4.06. The number of thioether (sulfide) groups is 1. The molecule has 3 amide bonds. The number of esters is 1. The smallest absolute Gasteiger partial charge is 0.334 e. The third-order valence-corrected chi connectivity index (χ3v) is 6.69. The van der Waals surface area contributed by atoms with Crippen molar-refractivity contribution < 1.29 is 23.9 Å². The number of rotatable bonds is 5. The third-order valence-electron chi connectivity index (χ3n) is 5.52. The highest BCUT2D eigenvalue weighted by Gasteiger charge is 2.57. The van der Waals surface area contributed by atoms with Crippen molar-refractivity contribution in [2.75, 3.05) is 13.1 Å². The summed E-state index contributed by atoms with van der Waals surface area (Å²) < 4.78 is 6.81. The van der Waals surface area contributed by atoms with E-state index in [1.807, 2.05) is 0 Å². The number of aromatic nitrogens is 4. The summed E-state index contributed by atoms with van der Waals surface area (Å²) in [7, 11) is 0. The van der Waals surface area contributed by atoms with Crippen LogP contribution in [0.3, 0.4) is 0 Å². The van der Waals surface area contributed by atoms with Gasteiger partial charge >= 0.3 is 5.97 Å². The number of fused-ring (bicyclic) bond motifs is 1. The van der Waals surface area contributed by atoms with E-state index in [9.17, 15) is 19.2 Å². The second-order valence-electron chi connectivity index (χ2n) is 9.19. The van der Waals surface area contributed by atoms with Crippen LogP contribution in [0.2, 0.25) is 0 Å². The van der Waals surface area contributed by atoms with Crippen molar-refractivity contribution in [2.24, 2.45) is 0 Å². The first-order valence-corrected chi connectivity index (χ1v) is 11.8. The SMILES string of the molecule is CC(C)(C)OC(=O)C1C(C(=O)N2CCCCC2)=CS[C@H]2C(NC(=O)Cn3cnnn3)C(=O)N12. The van der Waals surface area contributed by atoms with Crippen molar-refractivity contribution in [2.45, 2.75) is 69.6 Å². The highest BCUT2D eigenvalue weighted by atomic mass is 32.2. The number of ether oxygens (including phenoxy) is 1. The Morgan fingerprint density at radius 1 is 1.21 bits per heavy atom. The second kappa shape index (κ2) is 9.12. The molecule has 2 unspecified atom stereocenters. The number of tetrazole rings is 1. The molecule has 0 aliphatic carbocycles. The molecular formula is C20H27N7O5S. The molecule has 0 bridgehead atoms. The highest BCUT2D eigenvalue weighted by Crippen LogP contribution is 2.41. The number of nitrogens with zero attached hydrogens (tertiary/aromatic N) is 6. The summed E-state index contributed by atoms with van der Waals surface area (Å²) in [6.45, 7) is 6.30. The summed E-state index contributed by atoms with van der Waals surface area (Å²) in [6, 6.07) is -1.98. The van der Waals surface area contributed by atoms with E-state index in [4.69, 9.17) is 4.74 Å². The first-order valence-electron chi connectivity index (χ1n) is 10.9. The van der Waals surface area contributed by atoms with Gasteiger partial charge < -0.3 is 19.9 Å². The van der Waals surface area contributed by atoms with Gasteiger partial charge in [-0.1, -0.05) is 0 Å². The van der Waals surface area contributed by atoms with E-state index >= 15 is 0 Å². The molecule has 0 saturated carbocycles. The van der Waals surface area contributed by atoms with Crippen LogP contribution in [-0.4, -0.2) is 89.8 Å². The van der Waals surface area contributed by atoms with Gasteiger partial charge in [0.15, 0.2) is 6.04 Å². The number of nitrogens with one attached hydrogen (secondary N) is 1. The summed E-state index contributed by atoms with van der Waals surface area (Å²) >= 11 is 1.24. The molecule has 2 saturated heterocycles. The van der Waals surface area contributed by atoms with Gasteiger partial charge in [-0.2, -0.15) is 0 Å². The molecule has 3 atom stereocenters. The predicted molar refractivity (Wildman–Crippen MR) is 116 cm³/mol. The van der Waals surface area contributed by atoms with Gasteiger partial charge in [0.05, 0.1) is 5.57 Å². The van der Waals surface area contributed by atoms with Gasteiger partial charge in [-0.3, -0.25) is 14.4 Å². The Hall–Kier alpha value is -2.96. The molecule has 1 aromatic rings. The normalized spacial score (nSPS) is 25.0. The zero-order valence-electron chi connectivity index (χ0n) is 18.8. The molecule has 13 heteroatoms. The lowest BCUT2D eigenvalue weighted by molar-refractivity contribution is -0.170. The van der Waals surface area contributed by atoms with Gasteiger partial charge in [-0.05, 0) is 55.9 Å². The van der Waals surface area contributed by atoms with Gasteiger partial charge in [0.2, 0.25) is 11.8 Å². The van der Waals surface area contributed by atoms with Gasteiger partial charge in [0.25, 0.3) is 5.91 Å². The summed E-state index contributed by atoms with van der Waals surface area (Å²) in [5.74, 6) is -1.79.